The molecule has 9 heteroatoms. The van der Waals surface area contributed by atoms with E-state index in [1.54, 1.807) is 12.4 Å². The predicted molar refractivity (Wildman–Crippen MR) is 127 cm³/mol. The Bertz CT molecular complexity index is 1420. The van der Waals surface area contributed by atoms with Gasteiger partial charge in [0.2, 0.25) is 11.8 Å². The number of halogens is 1. The van der Waals surface area contributed by atoms with Gasteiger partial charge in [0.1, 0.15) is 17.9 Å². The number of likely N-dealkylation sites (tertiary alicyclic amines) is 1. The highest BCUT2D eigenvalue weighted by atomic mass is 35.5. The average Bonchev–Trinajstić information content (AvgIpc) is 3.38. The number of benzene rings is 1. The Morgan fingerprint density at radius 3 is 2.65 bits per heavy atom. The number of ether oxygens (including phenoxy) is 1. The van der Waals surface area contributed by atoms with Crippen molar-refractivity contribution in [1.29, 1.82) is 0 Å². The fraction of sp³-hybridized carbons (Fsp3) is 0.240. The molecule has 2 amide bonds. The number of hydrogen-bond donors (Lipinski definition) is 0. The Hall–Kier alpha value is -3.78. The van der Waals surface area contributed by atoms with Crippen LogP contribution in [0.15, 0.2) is 48.9 Å². The molecule has 0 saturated carbocycles. The van der Waals surface area contributed by atoms with E-state index in [2.05, 4.69) is 10.1 Å². The van der Waals surface area contributed by atoms with Crippen molar-refractivity contribution in [3.63, 3.8) is 0 Å². The van der Waals surface area contributed by atoms with Crippen LogP contribution in [-0.4, -0.2) is 36.5 Å². The number of hydrogen-bond acceptors (Lipinski definition) is 6. The van der Waals surface area contributed by atoms with Crippen molar-refractivity contribution in [1.82, 2.24) is 24.6 Å². The molecule has 4 aromatic rings. The number of aryl methyl sites for hydroxylation is 2. The maximum absolute atomic E-state index is 12.1. The third-order valence-corrected chi connectivity index (χ3v) is 6.30. The van der Waals surface area contributed by atoms with Crippen molar-refractivity contribution in [2.24, 2.45) is 7.05 Å². The Morgan fingerprint density at radius 1 is 1.12 bits per heavy atom. The zero-order valence-electron chi connectivity index (χ0n) is 18.8. The van der Waals surface area contributed by atoms with Crippen LogP contribution in [0.5, 0.6) is 5.75 Å². The molecule has 0 bridgehead atoms. The molecule has 0 aliphatic carbocycles. The van der Waals surface area contributed by atoms with E-state index in [1.165, 1.54) is 11.1 Å². The maximum Gasteiger partial charge on any atom is 0.229 e. The summed E-state index contributed by atoms with van der Waals surface area (Å²) in [4.78, 5) is 34.3. The molecule has 0 radical (unpaired) electrons. The van der Waals surface area contributed by atoms with E-state index in [4.69, 9.17) is 21.3 Å². The van der Waals surface area contributed by atoms with E-state index in [0.717, 1.165) is 27.9 Å². The summed E-state index contributed by atoms with van der Waals surface area (Å²) in [6, 6.07) is 9.79. The summed E-state index contributed by atoms with van der Waals surface area (Å²) in [6.45, 7) is 2.21. The molecule has 0 unspecified atom stereocenters. The molecule has 0 atom stereocenters. The van der Waals surface area contributed by atoms with E-state index in [9.17, 15) is 9.59 Å². The number of pyridine rings is 2. The monoisotopic (exact) mass is 475 g/mol. The van der Waals surface area contributed by atoms with E-state index >= 15 is 0 Å². The minimum absolute atomic E-state index is 0.126. The number of carbonyl (C=O) groups is 2. The Morgan fingerprint density at radius 2 is 1.91 bits per heavy atom. The molecular weight excluding hydrogens is 454 g/mol. The van der Waals surface area contributed by atoms with Crippen LogP contribution >= 0.6 is 11.6 Å². The second kappa shape index (κ2) is 8.87. The number of fused-ring (bicyclic) bond motifs is 1. The predicted octanol–water partition coefficient (Wildman–Crippen LogP) is 4.22. The first-order valence-corrected chi connectivity index (χ1v) is 11.3. The van der Waals surface area contributed by atoms with Crippen LogP contribution < -0.4 is 4.74 Å². The van der Waals surface area contributed by atoms with Gasteiger partial charge in [-0.25, -0.2) is 4.98 Å². The minimum Gasteiger partial charge on any atom is -0.487 e. The molecule has 1 fully saturated rings. The van der Waals surface area contributed by atoms with Gasteiger partial charge in [-0.15, -0.1) is 0 Å². The van der Waals surface area contributed by atoms with E-state index in [-0.39, 0.29) is 37.8 Å². The number of nitrogens with zero attached hydrogens (tertiary/aromatic N) is 5. The summed E-state index contributed by atoms with van der Waals surface area (Å²) in [6.07, 6.45) is 5.39. The molecule has 1 aliphatic rings. The molecular formula is C25H22ClN5O3. The smallest absolute Gasteiger partial charge is 0.229 e. The molecule has 172 valence electrons. The summed E-state index contributed by atoms with van der Waals surface area (Å²) >= 11 is 6.45. The van der Waals surface area contributed by atoms with Gasteiger partial charge in [-0.05, 0) is 30.7 Å². The van der Waals surface area contributed by atoms with Crippen molar-refractivity contribution in [3.05, 3.63) is 70.8 Å². The molecule has 1 saturated heterocycles. The number of imide groups is 1. The normalized spacial score (nSPS) is 13.8. The van der Waals surface area contributed by atoms with Gasteiger partial charge in [-0.1, -0.05) is 23.7 Å². The number of aromatic nitrogens is 4. The summed E-state index contributed by atoms with van der Waals surface area (Å²) < 4.78 is 8.04. The zero-order valence-corrected chi connectivity index (χ0v) is 19.5. The Kier molecular flexibility index (Phi) is 5.75. The SMILES string of the molecule is Cc1cc(-c2ccnn2C)c2cccc(OCc3c(Cl)cncc3CN3C(=O)CCC3=O)c2n1. The van der Waals surface area contributed by atoms with Crippen LogP contribution in [-0.2, 0) is 29.8 Å². The molecule has 1 aliphatic heterocycles. The quantitative estimate of drug-likeness (QED) is 0.388. The van der Waals surface area contributed by atoms with E-state index in [0.29, 0.717) is 21.9 Å². The second-order valence-corrected chi connectivity index (χ2v) is 8.63. The molecule has 5 rings (SSSR count). The summed E-state index contributed by atoms with van der Waals surface area (Å²) in [5.74, 6) is 0.235. The second-order valence-electron chi connectivity index (χ2n) is 8.22. The van der Waals surface area contributed by atoms with Gasteiger partial charge in [0.15, 0.2) is 0 Å². The van der Waals surface area contributed by atoms with Crippen LogP contribution in [0.1, 0.15) is 29.7 Å². The maximum atomic E-state index is 12.1. The molecule has 0 spiro atoms. The van der Waals surface area contributed by atoms with Gasteiger partial charge in [0.25, 0.3) is 0 Å². The first-order chi connectivity index (χ1) is 16.4. The number of amides is 2. The van der Waals surface area contributed by atoms with Crippen molar-refractivity contribution in [2.45, 2.75) is 32.9 Å². The Balaban J connectivity index is 1.49. The molecule has 1 aromatic carbocycles. The topological polar surface area (TPSA) is 90.2 Å². The molecule has 8 nitrogen and oxygen atoms in total. The lowest BCUT2D eigenvalue weighted by atomic mass is 10.0. The van der Waals surface area contributed by atoms with Gasteiger partial charge >= 0.3 is 0 Å². The molecule has 34 heavy (non-hydrogen) atoms. The standard InChI is InChI=1S/C25H22ClN5O3/c1-15-10-18(21-8-9-28-30(21)2)17-4-3-5-22(25(17)29-15)34-14-19-16(11-27-12-20(19)26)13-31-23(32)6-7-24(31)33/h3-5,8-12H,6-7,13-14H2,1-2H3. The van der Waals surface area contributed by atoms with Gasteiger partial charge in [0.05, 0.1) is 17.3 Å². The first-order valence-electron chi connectivity index (χ1n) is 10.9. The van der Waals surface area contributed by atoms with Crippen LogP contribution in [0.25, 0.3) is 22.2 Å². The van der Waals surface area contributed by atoms with Crippen molar-refractivity contribution < 1.29 is 14.3 Å². The van der Waals surface area contributed by atoms with Crippen LogP contribution in [0.3, 0.4) is 0 Å². The fourth-order valence-corrected chi connectivity index (χ4v) is 4.47. The van der Waals surface area contributed by atoms with Crippen LogP contribution in [0, 0.1) is 6.92 Å². The number of para-hydroxylation sites is 1. The Labute approximate surface area is 201 Å². The zero-order chi connectivity index (χ0) is 23.8. The van der Waals surface area contributed by atoms with Gasteiger partial charge < -0.3 is 4.74 Å². The number of rotatable bonds is 6. The van der Waals surface area contributed by atoms with Gasteiger partial charge in [-0.2, -0.15) is 5.10 Å². The lowest BCUT2D eigenvalue weighted by Gasteiger charge is -2.18. The van der Waals surface area contributed by atoms with Crippen molar-refractivity contribution in [3.8, 4) is 17.0 Å². The summed E-state index contributed by atoms with van der Waals surface area (Å²) in [5, 5.41) is 5.65. The average molecular weight is 476 g/mol. The lowest BCUT2D eigenvalue weighted by molar-refractivity contribution is -0.139. The van der Waals surface area contributed by atoms with Gasteiger partial charge in [-0.3, -0.25) is 24.2 Å². The van der Waals surface area contributed by atoms with Crippen molar-refractivity contribution >= 4 is 34.3 Å². The number of carbonyl (C=O) groups excluding carboxylic acids is 2. The third kappa shape index (κ3) is 4.01. The summed E-state index contributed by atoms with van der Waals surface area (Å²) in [7, 11) is 1.90. The fourth-order valence-electron chi connectivity index (χ4n) is 4.24. The van der Waals surface area contributed by atoms with E-state index in [1.807, 2.05) is 49.0 Å². The third-order valence-electron chi connectivity index (χ3n) is 5.98. The molecule has 3 aromatic heterocycles. The lowest BCUT2D eigenvalue weighted by Crippen LogP contribution is -2.29. The van der Waals surface area contributed by atoms with Gasteiger partial charge in [0, 0.05) is 60.7 Å². The highest BCUT2D eigenvalue weighted by Gasteiger charge is 2.29. The highest BCUT2D eigenvalue weighted by molar-refractivity contribution is 6.31. The van der Waals surface area contributed by atoms with Crippen LogP contribution in [0.4, 0.5) is 0 Å². The van der Waals surface area contributed by atoms with Crippen LogP contribution in [0.2, 0.25) is 5.02 Å². The molecule has 0 N–H and O–H groups in total. The molecule has 4 heterocycles. The highest BCUT2D eigenvalue weighted by Crippen LogP contribution is 2.34. The van der Waals surface area contributed by atoms with Crippen molar-refractivity contribution in [2.75, 3.05) is 0 Å². The summed E-state index contributed by atoms with van der Waals surface area (Å²) in [5.41, 5.74) is 4.94. The minimum atomic E-state index is -0.187. The van der Waals surface area contributed by atoms with E-state index < -0.39 is 0 Å². The first kappa shape index (κ1) is 22.0. The largest absolute Gasteiger partial charge is 0.487 e.